The number of hydrogen-bond donors (Lipinski definition) is 1. The van der Waals surface area contributed by atoms with Crippen LogP contribution in [0.2, 0.25) is 0 Å². The van der Waals surface area contributed by atoms with Crippen molar-refractivity contribution >= 4 is 18.2 Å². The first kappa shape index (κ1) is 13.6. The summed E-state index contributed by atoms with van der Waals surface area (Å²) in [5.41, 5.74) is 2.34. The van der Waals surface area contributed by atoms with E-state index in [1.54, 1.807) is 0 Å². The molecular formula is C11H18ClN5. The summed E-state index contributed by atoms with van der Waals surface area (Å²) in [6.07, 6.45) is 3.69. The minimum atomic E-state index is 0. The summed E-state index contributed by atoms with van der Waals surface area (Å²) >= 11 is 0. The lowest BCUT2D eigenvalue weighted by Crippen LogP contribution is -2.10. The van der Waals surface area contributed by atoms with Crippen LogP contribution in [0.15, 0.2) is 18.5 Å². The normalized spacial score (nSPS) is 10.1. The van der Waals surface area contributed by atoms with E-state index in [1.807, 2.05) is 41.8 Å². The van der Waals surface area contributed by atoms with Crippen LogP contribution in [0.1, 0.15) is 18.2 Å². The zero-order chi connectivity index (χ0) is 11.5. The number of aryl methyl sites for hydroxylation is 3. The number of halogens is 1. The Morgan fingerprint density at radius 2 is 2.12 bits per heavy atom. The Morgan fingerprint density at radius 1 is 1.35 bits per heavy atom. The van der Waals surface area contributed by atoms with Crippen molar-refractivity contribution < 1.29 is 0 Å². The number of hydrogen-bond acceptors (Lipinski definition) is 3. The first-order chi connectivity index (χ1) is 7.72. The van der Waals surface area contributed by atoms with Gasteiger partial charge in [0.2, 0.25) is 0 Å². The van der Waals surface area contributed by atoms with E-state index < -0.39 is 0 Å². The summed E-state index contributed by atoms with van der Waals surface area (Å²) < 4.78 is 3.83. The highest BCUT2D eigenvalue weighted by Gasteiger charge is 2.05. The van der Waals surface area contributed by atoms with Gasteiger partial charge in [0, 0.05) is 25.4 Å². The summed E-state index contributed by atoms with van der Waals surface area (Å²) in [5, 5.41) is 11.8. The van der Waals surface area contributed by atoms with Gasteiger partial charge < -0.3 is 5.32 Å². The van der Waals surface area contributed by atoms with Gasteiger partial charge in [-0.05, 0) is 19.9 Å². The summed E-state index contributed by atoms with van der Waals surface area (Å²) in [6, 6.07) is 2.03. The van der Waals surface area contributed by atoms with Gasteiger partial charge in [0.15, 0.2) is 0 Å². The third kappa shape index (κ3) is 2.79. The SMILES string of the molecule is CCn1nccc1CNc1c(C)cnn1C.Cl. The lowest BCUT2D eigenvalue weighted by atomic mass is 10.3. The number of nitrogens with one attached hydrogen (secondary N) is 1. The molecule has 0 aliphatic carbocycles. The van der Waals surface area contributed by atoms with Crippen molar-refractivity contribution in [1.82, 2.24) is 19.6 Å². The van der Waals surface area contributed by atoms with E-state index in [0.717, 1.165) is 24.5 Å². The molecule has 0 aliphatic heterocycles. The third-order valence-electron chi connectivity index (χ3n) is 2.66. The summed E-state index contributed by atoms with van der Waals surface area (Å²) in [4.78, 5) is 0. The van der Waals surface area contributed by atoms with E-state index >= 15 is 0 Å². The molecule has 94 valence electrons. The molecule has 0 aromatic carbocycles. The molecule has 5 nitrogen and oxygen atoms in total. The number of aromatic nitrogens is 4. The molecule has 2 heterocycles. The first-order valence-electron chi connectivity index (χ1n) is 5.45. The molecule has 17 heavy (non-hydrogen) atoms. The van der Waals surface area contributed by atoms with Gasteiger partial charge in [-0.2, -0.15) is 10.2 Å². The van der Waals surface area contributed by atoms with E-state index in [1.165, 1.54) is 5.69 Å². The fraction of sp³-hybridized carbons (Fsp3) is 0.455. The molecule has 0 saturated heterocycles. The van der Waals surface area contributed by atoms with Gasteiger partial charge in [0.25, 0.3) is 0 Å². The Bertz CT molecular complexity index is 454. The van der Waals surface area contributed by atoms with Crippen LogP contribution in [0, 0.1) is 6.92 Å². The van der Waals surface area contributed by atoms with Crippen LogP contribution < -0.4 is 5.32 Å². The molecule has 6 heteroatoms. The molecule has 0 fully saturated rings. The smallest absolute Gasteiger partial charge is 0.127 e. The van der Waals surface area contributed by atoms with Gasteiger partial charge in [-0.25, -0.2) is 0 Å². The van der Waals surface area contributed by atoms with Crippen LogP contribution in [0.5, 0.6) is 0 Å². The molecule has 0 atom stereocenters. The Morgan fingerprint density at radius 3 is 2.71 bits per heavy atom. The molecule has 2 aromatic heterocycles. The van der Waals surface area contributed by atoms with Crippen molar-refractivity contribution in [2.24, 2.45) is 7.05 Å². The summed E-state index contributed by atoms with van der Waals surface area (Å²) in [7, 11) is 1.94. The highest BCUT2D eigenvalue weighted by Crippen LogP contribution is 2.13. The topological polar surface area (TPSA) is 47.7 Å². The number of anilines is 1. The van der Waals surface area contributed by atoms with Gasteiger partial charge in [-0.1, -0.05) is 0 Å². The molecule has 0 spiro atoms. The van der Waals surface area contributed by atoms with Crippen molar-refractivity contribution in [3.63, 3.8) is 0 Å². The number of rotatable bonds is 4. The molecule has 2 rings (SSSR count). The Labute approximate surface area is 107 Å². The maximum Gasteiger partial charge on any atom is 0.127 e. The van der Waals surface area contributed by atoms with Gasteiger partial charge in [-0.15, -0.1) is 12.4 Å². The van der Waals surface area contributed by atoms with Gasteiger partial charge in [0.05, 0.1) is 18.4 Å². The molecule has 0 unspecified atom stereocenters. The second-order valence-electron chi connectivity index (χ2n) is 3.79. The van der Waals surface area contributed by atoms with Crippen LogP contribution in [-0.2, 0) is 20.1 Å². The van der Waals surface area contributed by atoms with Crippen LogP contribution in [0.3, 0.4) is 0 Å². The third-order valence-corrected chi connectivity index (χ3v) is 2.66. The summed E-state index contributed by atoms with van der Waals surface area (Å²) in [5.74, 6) is 1.06. The fourth-order valence-electron chi connectivity index (χ4n) is 1.77. The van der Waals surface area contributed by atoms with Crippen molar-refractivity contribution in [1.29, 1.82) is 0 Å². The lowest BCUT2D eigenvalue weighted by Gasteiger charge is -2.09. The highest BCUT2D eigenvalue weighted by molar-refractivity contribution is 5.85. The first-order valence-corrected chi connectivity index (χ1v) is 5.45. The zero-order valence-corrected chi connectivity index (χ0v) is 11.2. The van der Waals surface area contributed by atoms with Crippen LogP contribution in [-0.4, -0.2) is 19.6 Å². The predicted molar refractivity (Wildman–Crippen MR) is 70.4 cm³/mol. The second-order valence-corrected chi connectivity index (χ2v) is 3.79. The van der Waals surface area contributed by atoms with E-state index in [0.29, 0.717) is 0 Å². The van der Waals surface area contributed by atoms with Crippen molar-refractivity contribution in [3.05, 3.63) is 29.7 Å². The van der Waals surface area contributed by atoms with Crippen molar-refractivity contribution in [2.45, 2.75) is 26.9 Å². The van der Waals surface area contributed by atoms with Crippen molar-refractivity contribution in [2.75, 3.05) is 5.32 Å². The van der Waals surface area contributed by atoms with Crippen LogP contribution in [0.4, 0.5) is 5.82 Å². The van der Waals surface area contributed by atoms with E-state index in [9.17, 15) is 0 Å². The molecule has 0 aliphatic rings. The molecule has 0 amide bonds. The quantitative estimate of drug-likeness (QED) is 0.909. The summed E-state index contributed by atoms with van der Waals surface area (Å²) in [6.45, 7) is 5.81. The minimum Gasteiger partial charge on any atom is -0.364 e. The highest BCUT2D eigenvalue weighted by atomic mass is 35.5. The number of nitrogens with zero attached hydrogens (tertiary/aromatic N) is 4. The molecule has 0 bridgehead atoms. The Hall–Kier alpha value is -1.49. The predicted octanol–water partition coefficient (Wildman–Crippen LogP) is 1.98. The van der Waals surface area contributed by atoms with Crippen molar-refractivity contribution in [3.8, 4) is 0 Å². The second kappa shape index (κ2) is 5.72. The monoisotopic (exact) mass is 255 g/mol. The Balaban J connectivity index is 0.00000144. The minimum absolute atomic E-state index is 0. The van der Waals surface area contributed by atoms with Crippen LogP contribution >= 0.6 is 12.4 Å². The van der Waals surface area contributed by atoms with E-state index in [2.05, 4.69) is 22.4 Å². The van der Waals surface area contributed by atoms with Crippen LogP contribution in [0.25, 0.3) is 0 Å². The molecule has 0 radical (unpaired) electrons. The fourth-order valence-corrected chi connectivity index (χ4v) is 1.77. The van der Waals surface area contributed by atoms with Gasteiger partial charge in [-0.3, -0.25) is 9.36 Å². The average Bonchev–Trinajstić information content (AvgIpc) is 2.84. The molecule has 2 aromatic rings. The molecule has 1 N–H and O–H groups in total. The maximum absolute atomic E-state index is 4.23. The van der Waals surface area contributed by atoms with Gasteiger partial charge in [0.1, 0.15) is 5.82 Å². The standard InChI is InChI=1S/C11H17N5.ClH/c1-4-16-10(5-6-13-16)8-12-11-9(2)7-14-15(11)3;/h5-7,12H,4,8H2,1-3H3;1H. The van der Waals surface area contributed by atoms with E-state index in [4.69, 9.17) is 0 Å². The largest absolute Gasteiger partial charge is 0.364 e. The maximum atomic E-state index is 4.23. The average molecular weight is 256 g/mol. The lowest BCUT2D eigenvalue weighted by molar-refractivity contribution is 0.626. The zero-order valence-electron chi connectivity index (χ0n) is 10.3. The van der Waals surface area contributed by atoms with E-state index in [-0.39, 0.29) is 12.4 Å². The molecular weight excluding hydrogens is 238 g/mol. The Kier molecular flexibility index (Phi) is 4.57. The van der Waals surface area contributed by atoms with Gasteiger partial charge >= 0.3 is 0 Å². The molecule has 0 saturated carbocycles.